The largest absolute Gasteiger partial charge is 0.480 e. The van der Waals surface area contributed by atoms with Crippen molar-refractivity contribution < 1.29 is 14.7 Å². The van der Waals surface area contributed by atoms with E-state index in [1.807, 2.05) is 31.2 Å². The molecule has 0 radical (unpaired) electrons. The van der Waals surface area contributed by atoms with Crippen LogP contribution in [-0.4, -0.2) is 33.7 Å². The van der Waals surface area contributed by atoms with Gasteiger partial charge in [0.2, 0.25) is 5.91 Å². The van der Waals surface area contributed by atoms with Gasteiger partial charge in [0.1, 0.15) is 10.9 Å². The first-order chi connectivity index (χ1) is 9.04. The summed E-state index contributed by atoms with van der Waals surface area (Å²) in [6, 6.07) is 7.36. The number of benzene rings is 1. The standard InChI is InChI=1S/C14H15NO3S/c1-9-2-4-10(5-3-9)14-7-6-12(16)15(14)11(8-19-14)13(17)18/h2-5,11H,6-8H2,1H3,(H,17,18)/t11-,14-/m1/s1. The van der Waals surface area contributed by atoms with Crippen molar-refractivity contribution in [3.8, 4) is 0 Å². The van der Waals surface area contributed by atoms with Crippen LogP contribution in [0.25, 0.3) is 0 Å². The molecule has 0 unspecified atom stereocenters. The van der Waals surface area contributed by atoms with Gasteiger partial charge in [0.15, 0.2) is 0 Å². The van der Waals surface area contributed by atoms with Crippen LogP contribution in [0.5, 0.6) is 0 Å². The lowest BCUT2D eigenvalue weighted by molar-refractivity contribution is -0.148. The van der Waals surface area contributed by atoms with Gasteiger partial charge in [-0.05, 0) is 18.9 Å². The number of amides is 1. The number of rotatable bonds is 2. The Bertz CT molecular complexity index is 542. The highest BCUT2D eigenvalue weighted by Gasteiger charge is 2.56. The topological polar surface area (TPSA) is 57.6 Å². The third-order valence-corrected chi connectivity index (χ3v) is 5.51. The van der Waals surface area contributed by atoms with E-state index in [1.165, 1.54) is 0 Å². The molecule has 2 fully saturated rings. The summed E-state index contributed by atoms with van der Waals surface area (Å²) in [4.78, 5) is 24.5. The Morgan fingerprint density at radius 3 is 2.74 bits per heavy atom. The summed E-state index contributed by atoms with van der Waals surface area (Å²) in [5.74, 6) is -0.482. The van der Waals surface area contributed by atoms with E-state index in [4.69, 9.17) is 0 Å². The highest BCUT2D eigenvalue weighted by molar-refractivity contribution is 8.00. The van der Waals surface area contributed by atoms with Crippen molar-refractivity contribution in [1.82, 2.24) is 4.90 Å². The molecule has 2 aliphatic rings. The molecule has 2 atom stereocenters. The lowest BCUT2D eigenvalue weighted by atomic mass is 10.0. The first-order valence-corrected chi connectivity index (χ1v) is 7.29. The van der Waals surface area contributed by atoms with Crippen LogP contribution >= 0.6 is 11.8 Å². The number of carboxylic acids is 1. The minimum atomic E-state index is -0.906. The van der Waals surface area contributed by atoms with Gasteiger partial charge in [-0.15, -0.1) is 11.8 Å². The summed E-state index contributed by atoms with van der Waals surface area (Å²) in [5, 5.41) is 9.28. The molecule has 5 heteroatoms. The average Bonchev–Trinajstić information content (AvgIpc) is 2.90. The van der Waals surface area contributed by atoms with Crippen LogP contribution in [0.3, 0.4) is 0 Å². The van der Waals surface area contributed by atoms with Crippen molar-refractivity contribution in [3.63, 3.8) is 0 Å². The normalized spacial score (nSPS) is 29.6. The molecule has 2 aliphatic heterocycles. The fraction of sp³-hybridized carbons (Fsp3) is 0.429. The highest BCUT2D eigenvalue weighted by Crippen LogP contribution is 2.54. The number of carbonyl (C=O) groups excluding carboxylic acids is 1. The first kappa shape index (κ1) is 12.5. The van der Waals surface area contributed by atoms with E-state index in [-0.39, 0.29) is 5.91 Å². The Morgan fingerprint density at radius 2 is 2.11 bits per heavy atom. The zero-order valence-corrected chi connectivity index (χ0v) is 11.4. The van der Waals surface area contributed by atoms with E-state index in [1.54, 1.807) is 16.7 Å². The van der Waals surface area contributed by atoms with E-state index in [2.05, 4.69) is 0 Å². The lowest BCUT2D eigenvalue weighted by Gasteiger charge is -2.33. The number of hydrogen-bond acceptors (Lipinski definition) is 3. The van der Waals surface area contributed by atoms with Gasteiger partial charge in [-0.2, -0.15) is 0 Å². The fourth-order valence-electron chi connectivity index (χ4n) is 2.94. The fourth-order valence-corrected chi connectivity index (χ4v) is 4.58. The molecular formula is C14H15NO3S. The predicted octanol–water partition coefficient (Wildman–Crippen LogP) is 1.97. The molecule has 1 aromatic carbocycles. The number of nitrogens with zero attached hydrogens (tertiary/aromatic N) is 1. The highest BCUT2D eigenvalue weighted by atomic mass is 32.2. The maximum atomic E-state index is 12.1. The smallest absolute Gasteiger partial charge is 0.327 e. The van der Waals surface area contributed by atoms with Gasteiger partial charge in [-0.3, -0.25) is 4.79 Å². The van der Waals surface area contributed by atoms with Crippen molar-refractivity contribution in [3.05, 3.63) is 35.4 Å². The van der Waals surface area contributed by atoms with E-state index < -0.39 is 16.9 Å². The molecule has 0 saturated carbocycles. The molecule has 1 N–H and O–H groups in total. The van der Waals surface area contributed by atoms with Gasteiger partial charge >= 0.3 is 5.97 Å². The van der Waals surface area contributed by atoms with Crippen LogP contribution in [0.1, 0.15) is 24.0 Å². The van der Waals surface area contributed by atoms with Crippen molar-refractivity contribution >= 4 is 23.6 Å². The Balaban J connectivity index is 2.05. The predicted molar refractivity (Wildman–Crippen MR) is 72.8 cm³/mol. The second kappa shape index (κ2) is 4.27. The Labute approximate surface area is 115 Å². The molecule has 0 aromatic heterocycles. The zero-order chi connectivity index (χ0) is 13.6. The molecule has 3 rings (SSSR count). The number of carboxylic acid groups (broad SMARTS) is 1. The third-order valence-electron chi connectivity index (χ3n) is 3.91. The minimum absolute atomic E-state index is 0.0435. The molecule has 0 bridgehead atoms. The maximum absolute atomic E-state index is 12.1. The van der Waals surface area contributed by atoms with Gasteiger partial charge in [-0.1, -0.05) is 29.8 Å². The molecular weight excluding hydrogens is 262 g/mol. The Morgan fingerprint density at radius 1 is 1.42 bits per heavy atom. The second-order valence-electron chi connectivity index (χ2n) is 5.08. The van der Waals surface area contributed by atoms with Crippen molar-refractivity contribution in [2.75, 3.05) is 5.75 Å². The monoisotopic (exact) mass is 277 g/mol. The van der Waals surface area contributed by atoms with Crippen molar-refractivity contribution in [2.45, 2.75) is 30.7 Å². The van der Waals surface area contributed by atoms with Crippen LogP contribution in [0, 0.1) is 6.92 Å². The van der Waals surface area contributed by atoms with Gasteiger partial charge in [-0.25, -0.2) is 4.79 Å². The quantitative estimate of drug-likeness (QED) is 0.898. The van der Waals surface area contributed by atoms with Crippen LogP contribution in [0.15, 0.2) is 24.3 Å². The number of thioether (sulfide) groups is 1. The lowest BCUT2D eigenvalue weighted by Crippen LogP contribution is -2.45. The number of fused-ring (bicyclic) bond motifs is 1. The molecule has 4 nitrogen and oxygen atoms in total. The molecule has 2 saturated heterocycles. The summed E-state index contributed by atoms with van der Waals surface area (Å²) < 4.78 is 0. The summed E-state index contributed by atoms with van der Waals surface area (Å²) >= 11 is 1.58. The number of carbonyl (C=O) groups is 2. The molecule has 1 amide bonds. The summed E-state index contributed by atoms with van der Waals surface area (Å²) in [6.07, 6.45) is 1.13. The first-order valence-electron chi connectivity index (χ1n) is 6.31. The summed E-state index contributed by atoms with van der Waals surface area (Å²) in [7, 11) is 0. The molecule has 0 spiro atoms. The van der Waals surface area contributed by atoms with Gasteiger partial charge in [0.25, 0.3) is 0 Å². The molecule has 100 valence electrons. The number of hydrogen-bond donors (Lipinski definition) is 1. The van der Waals surface area contributed by atoms with Gasteiger partial charge < -0.3 is 10.0 Å². The van der Waals surface area contributed by atoms with Crippen molar-refractivity contribution in [1.29, 1.82) is 0 Å². The van der Waals surface area contributed by atoms with Crippen LogP contribution < -0.4 is 0 Å². The number of aryl methyl sites for hydroxylation is 1. The maximum Gasteiger partial charge on any atom is 0.327 e. The minimum Gasteiger partial charge on any atom is -0.480 e. The van der Waals surface area contributed by atoms with E-state index in [0.717, 1.165) is 11.1 Å². The molecule has 0 aliphatic carbocycles. The Kier molecular flexibility index (Phi) is 2.82. The van der Waals surface area contributed by atoms with Crippen LogP contribution in [0.4, 0.5) is 0 Å². The van der Waals surface area contributed by atoms with Gasteiger partial charge in [0, 0.05) is 12.2 Å². The van der Waals surface area contributed by atoms with Crippen LogP contribution in [0.2, 0.25) is 0 Å². The van der Waals surface area contributed by atoms with E-state index in [9.17, 15) is 14.7 Å². The summed E-state index contributed by atoms with van der Waals surface area (Å²) in [5.41, 5.74) is 2.20. The van der Waals surface area contributed by atoms with E-state index >= 15 is 0 Å². The summed E-state index contributed by atoms with van der Waals surface area (Å²) in [6.45, 7) is 2.01. The zero-order valence-electron chi connectivity index (χ0n) is 10.6. The average molecular weight is 277 g/mol. The van der Waals surface area contributed by atoms with Gasteiger partial charge in [0.05, 0.1) is 0 Å². The SMILES string of the molecule is Cc1ccc([C@]23CCC(=O)N2[C@@H](C(=O)O)CS3)cc1. The number of aliphatic carboxylic acids is 1. The molecule has 19 heavy (non-hydrogen) atoms. The van der Waals surface area contributed by atoms with E-state index in [0.29, 0.717) is 18.6 Å². The van der Waals surface area contributed by atoms with Crippen LogP contribution in [-0.2, 0) is 14.5 Å². The molecule has 2 heterocycles. The molecule has 1 aromatic rings. The van der Waals surface area contributed by atoms with Crippen molar-refractivity contribution in [2.24, 2.45) is 0 Å². The second-order valence-corrected chi connectivity index (χ2v) is 6.38. The Hall–Kier alpha value is -1.49. The third kappa shape index (κ3) is 1.75.